The molecule has 0 heterocycles. The van der Waals surface area contributed by atoms with Gasteiger partial charge in [-0.15, -0.1) is 0 Å². The van der Waals surface area contributed by atoms with Crippen LogP contribution >= 0.6 is 0 Å². The van der Waals surface area contributed by atoms with Gasteiger partial charge in [-0.25, -0.2) is 0 Å². The highest BCUT2D eigenvalue weighted by Gasteiger charge is 2.45. The summed E-state index contributed by atoms with van der Waals surface area (Å²) in [5.74, 6) is -0.294. The number of nitro benzene ring substituents is 1. The Hall–Kier alpha value is -2.11. The average molecular weight is 251 g/mol. The van der Waals surface area contributed by atoms with E-state index in [-0.39, 0.29) is 17.5 Å². The first kappa shape index (κ1) is 12.3. The Morgan fingerprint density at radius 3 is 2.44 bits per heavy atom. The Kier molecular flexibility index (Phi) is 3.18. The van der Waals surface area contributed by atoms with Crippen LogP contribution in [0.1, 0.15) is 19.3 Å². The second kappa shape index (κ2) is 4.64. The van der Waals surface area contributed by atoms with Gasteiger partial charge >= 0.3 is 5.97 Å². The molecule has 0 radical (unpaired) electrons. The number of rotatable bonds is 6. The van der Waals surface area contributed by atoms with Crippen LogP contribution in [0, 0.1) is 15.5 Å². The van der Waals surface area contributed by atoms with Crippen molar-refractivity contribution >= 4 is 11.7 Å². The third-order valence-corrected chi connectivity index (χ3v) is 3.08. The van der Waals surface area contributed by atoms with Crippen LogP contribution < -0.4 is 4.74 Å². The molecule has 0 spiro atoms. The van der Waals surface area contributed by atoms with E-state index in [0.29, 0.717) is 12.4 Å². The van der Waals surface area contributed by atoms with E-state index < -0.39 is 10.9 Å². The lowest BCUT2D eigenvalue weighted by Gasteiger charge is -2.13. The molecule has 1 fully saturated rings. The standard InChI is InChI=1S/C12H13NO5/c14-11(15)7-12(5-6-12)8-18-10-3-1-9(2-4-10)13(16)17/h1-4H,5-8H2,(H,14,15). The normalized spacial score (nSPS) is 16.0. The predicted octanol–water partition coefficient (Wildman–Crippen LogP) is 2.23. The van der Waals surface area contributed by atoms with Crippen molar-refractivity contribution in [3.05, 3.63) is 34.4 Å². The fourth-order valence-electron chi connectivity index (χ4n) is 1.77. The number of hydrogen-bond donors (Lipinski definition) is 1. The van der Waals surface area contributed by atoms with Crippen molar-refractivity contribution in [3.63, 3.8) is 0 Å². The van der Waals surface area contributed by atoms with Gasteiger partial charge in [0.15, 0.2) is 0 Å². The summed E-state index contributed by atoms with van der Waals surface area (Å²) >= 11 is 0. The second-order valence-electron chi connectivity index (χ2n) is 4.61. The molecule has 1 saturated carbocycles. The number of ether oxygens (including phenoxy) is 1. The van der Waals surface area contributed by atoms with Gasteiger partial charge in [-0.1, -0.05) is 0 Å². The first-order valence-electron chi connectivity index (χ1n) is 5.60. The summed E-state index contributed by atoms with van der Waals surface area (Å²) in [7, 11) is 0. The van der Waals surface area contributed by atoms with Crippen molar-refractivity contribution < 1.29 is 19.6 Å². The molecule has 0 atom stereocenters. The van der Waals surface area contributed by atoms with Gasteiger partial charge in [0.1, 0.15) is 5.75 Å². The van der Waals surface area contributed by atoms with Crippen LogP contribution in [0.15, 0.2) is 24.3 Å². The van der Waals surface area contributed by atoms with Gasteiger partial charge in [-0.2, -0.15) is 0 Å². The number of carboxylic acids is 1. The van der Waals surface area contributed by atoms with Gasteiger partial charge in [0, 0.05) is 17.5 Å². The summed E-state index contributed by atoms with van der Waals surface area (Å²) in [6, 6.07) is 5.78. The summed E-state index contributed by atoms with van der Waals surface area (Å²) in [4.78, 5) is 20.6. The van der Waals surface area contributed by atoms with Gasteiger partial charge in [-0.3, -0.25) is 14.9 Å². The summed E-state index contributed by atoms with van der Waals surface area (Å²) in [5, 5.41) is 19.2. The maximum atomic E-state index is 10.7. The van der Waals surface area contributed by atoms with Gasteiger partial charge < -0.3 is 9.84 Å². The lowest BCUT2D eigenvalue weighted by Crippen LogP contribution is -2.17. The average Bonchev–Trinajstić information content (AvgIpc) is 3.06. The highest BCUT2D eigenvalue weighted by molar-refractivity contribution is 5.68. The Balaban J connectivity index is 1.90. The fourth-order valence-corrected chi connectivity index (χ4v) is 1.77. The zero-order valence-electron chi connectivity index (χ0n) is 9.67. The molecule has 0 saturated heterocycles. The Labute approximate surface area is 103 Å². The third-order valence-electron chi connectivity index (χ3n) is 3.08. The van der Waals surface area contributed by atoms with Crippen LogP contribution in [0.5, 0.6) is 5.75 Å². The number of carboxylic acid groups (broad SMARTS) is 1. The van der Waals surface area contributed by atoms with Gasteiger partial charge in [0.25, 0.3) is 5.69 Å². The molecule has 6 heteroatoms. The number of nitro groups is 1. The van der Waals surface area contributed by atoms with Crippen LogP contribution in [0.25, 0.3) is 0 Å². The molecule has 1 aromatic rings. The minimum atomic E-state index is -0.820. The fraction of sp³-hybridized carbons (Fsp3) is 0.417. The Morgan fingerprint density at radius 2 is 2.00 bits per heavy atom. The van der Waals surface area contributed by atoms with Crippen LogP contribution in [-0.2, 0) is 4.79 Å². The number of benzene rings is 1. The maximum absolute atomic E-state index is 10.7. The van der Waals surface area contributed by atoms with Gasteiger partial charge in [-0.05, 0) is 25.0 Å². The van der Waals surface area contributed by atoms with Crippen molar-refractivity contribution in [1.29, 1.82) is 0 Å². The van der Waals surface area contributed by atoms with E-state index in [1.165, 1.54) is 24.3 Å². The zero-order chi connectivity index (χ0) is 13.2. The van der Waals surface area contributed by atoms with Gasteiger partial charge in [0.05, 0.1) is 18.0 Å². The number of aliphatic carboxylic acids is 1. The molecule has 1 aliphatic rings. The van der Waals surface area contributed by atoms with E-state index in [2.05, 4.69) is 0 Å². The molecule has 2 rings (SSSR count). The van der Waals surface area contributed by atoms with Crippen LogP contribution in [0.3, 0.4) is 0 Å². The minimum Gasteiger partial charge on any atom is -0.493 e. The molecular formula is C12H13NO5. The van der Waals surface area contributed by atoms with Gasteiger partial charge in [0.2, 0.25) is 0 Å². The van der Waals surface area contributed by atoms with Crippen molar-refractivity contribution in [3.8, 4) is 5.75 Å². The molecule has 1 aliphatic carbocycles. The maximum Gasteiger partial charge on any atom is 0.304 e. The molecular weight excluding hydrogens is 238 g/mol. The lowest BCUT2D eigenvalue weighted by atomic mass is 10.0. The SMILES string of the molecule is O=C(O)CC1(COc2ccc([N+](=O)[O-])cc2)CC1. The largest absolute Gasteiger partial charge is 0.493 e. The van der Waals surface area contributed by atoms with Crippen molar-refractivity contribution in [1.82, 2.24) is 0 Å². The van der Waals surface area contributed by atoms with Crippen LogP contribution in [0.4, 0.5) is 5.69 Å². The van der Waals surface area contributed by atoms with E-state index in [1.807, 2.05) is 0 Å². The van der Waals surface area contributed by atoms with Crippen molar-refractivity contribution in [2.45, 2.75) is 19.3 Å². The Bertz CT molecular complexity index is 464. The van der Waals surface area contributed by atoms with E-state index in [0.717, 1.165) is 12.8 Å². The summed E-state index contributed by atoms with van der Waals surface area (Å²) in [6.45, 7) is 0.344. The zero-order valence-corrected chi connectivity index (χ0v) is 9.67. The molecule has 0 bridgehead atoms. The number of carbonyl (C=O) groups is 1. The second-order valence-corrected chi connectivity index (χ2v) is 4.61. The van der Waals surface area contributed by atoms with E-state index >= 15 is 0 Å². The summed E-state index contributed by atoms with van der Waals surface area (Å²) < 4.78 is 5.48. The van der Waals surface area contributed by atoms with E-state index in [4.69, 9.17) is 9.84 Å². The van der Waals surface area contributed by atoms with E-state index in [1.54, 1.807) is 0 Å². The molecule has 1 aromatic carbocycles. The first-order valence-corrected chi connectivity index (χ1v) is 5.60. The predicted molar refractivity (Wildman–Crippen MR) is 62.5 cm³/mol. The molecule has 96 valence electrons. The smallest absolute Gasteiger partial charge is 0.304 e. The molecule has 0 amide bonds. The molecule has 0 aliphatic heterocycles. The minimum absolute atomic E-state index is 0.00835. The van der Waals surface area contributed by atoms with Crippen LogP contribution in [0.2, 0.25) is 0 Å². The summed E-state index contributed by atoms with van der Waals surface area (Å²) in [5.41, 5.74) is -0.234. The first-order chi connectivity index (χ1) is 8.51. The quantitative estimate of drug-likeness (QED) is 0.618. The highest BCUT2D eigenvalue weighted by Crippen LogP contribution is 2.49. The monoisotopic (exact) mass is 251 g/mol. The third kappa shape index (κ3) is 2.97. The Morgan fingerprint density at radius 1 is 1.39 bits per heavy atom. The van der Waals surface area contributed by atoms with Crippen molar-refractivity contribution in [2.75, 3.05) is 6.61 Å². The molecule has 0 aromatic heterocycles. The number of non-ortho nitro benzene ring substituents is 1. The molecule has 0 unspecified atom stereocenters. The highest BCUT2D eigenvalue weighted by atomic mass is 16.6. The number of hydrogen-bond acceptors (Lipinski definition) is 4. The molecule has 1 N–H and O–H groups in total. The molecule has 18 heavy (non-hydrogen) atoms. The van der Waals surface area contributed by atoms with Crippen LogP contribution in [-0.4, -0.2) is 22.6 Å². The van der Waals surface area contributed by atoms with Crippen molar-refractivity contribution in [2.24, 2.45) is 5.41 Å². The van der Waals surface area contributed by atoms with E-state index in [9.17, 15) is 14.9 Å². The number of nitrogens with zero attached hydrogens (tertiary/aromatic N) is 1. The summed E-state index contributed by atoms with van der Waals surface area (Å²) in [6.07, 6.45) is 1.82. The topological polar surface area (TPSA) is 89.7 Å². The molecule has 6 nitrogen and oxygen atoms in total. The lowest BCUT2D eigenvalue weighted by molar-refractivity contribution is -0.384.